The zero-order chi connectivity index (χ0) is 21.8. The van der Waals surface area contributed by atoms with Gasteiger partial charge in [-0.05, 0) is 24.1 Å². The van der Waals surface area contributed by atoms with Gasteiger partial charge in [-0.25, -0.2) is 13.8 Å². The molecule has 0 unspecified atom stereocenters. The number of nitro groups is 1. The number of benzene rings is 3. The highest BCUT2D eigenvalue weighted by molar-refractivity contribution is 7.07. The minimum absolute atomic E-state index is 0.0126. The molecule has 1 heterocycles. The number of aryl methyl sites for hydroxylation is 1. The molecule has 0 amide bonds. The molecule has 0 fully saturated rings. The molecule has 0 saturated carbocycles. The van der Waals surface area contributed by atoms with Crippen molar-refractivity contribution in [3.63, 3.8) is 0 Å². The molecule has 0 radical (unpaired) electrons. The van der Waals surface area contributed by atoms with E-state index < -0.39 is 16.6 Å². The van der Waals surface area contributed by atoms with Crippen LogP contribution in [0.5, 0.6) is 0 Å². The molecule has 3 aromatic carbocycles. The van der Waals surface area contributed by atoms with Gasteiger partial charge in [-0.2, -0.15) is 0 Å². The maximum absolute atomic E-state index is 14.2. The highest BCUT2D eigenvalue weighted by atomic mass is 32.1. The zero-order valence-electron chi connectivity index (χ0n) is 16.2. The Balaban J connectivity index is 1.81. The lowest BCUT2D eigenvalue weighted by Crippen LogP contribution is -2.17. The number of non-ortho nitro benzene ring substituents is 1. The molecule has 0 saturated heterocycles. The van der Waals surface area contributed by atoms with Crippen molar-refractivity contribution in [2.75, 3.05) is 0 Å². The summed E-state index contributed by atoms with van der Waals surface area (Å²) in [5.74, 6) is -1.42. The van der Waals surface area contributed by atoms with E-state index in [1.165, 1.54) is 29.5 Å². The highest BCUT2D eigenvalue weighted by Crippen LogP contribution is 2.26. The number of thiazole rings is 1. The maximum atomic E-state index is 14.2. The van der Waals surface area contributed by atoms with Gasteiger partial charge in [-0.15, -0.1) is 11.3 Å². The number of aromatic nitrogens is 1. The smallest absolute Gasteiger partial charge is 0.270 e. The zero-order valence-corrected chi connectivity index (χ0v) is 17.1. The second-order valence-electron chi connectivity index (χ2n) is 6.81. The first kappa shape index (κ1) is 20.6. The Morgan fingerprint density at radius 2 is 1.81 bits per heavy atom. The van der Waals surface area contributed by atoms with E-state index in [0.717, 1.165) is 23.4 Å². The summed E-state index contributed by atoms with van der Waals surface area (Å²) in [5.41, 5.74) is 2.54. The molecule has 156 valence electrons. The lowest BCUT2D eigenvalue weighted by molar-refractivity contribution is -0.384. The van der Waals surface area contributed by atoms with Gasteiger partial charge in [0.1, 0.15) is 11.5 Å². The molecule has 4 rings (SSSR count). The van der Waals surface area contributed by atoms with Gasteiger partial charge < -0.3 is 4.57 Å². The summed E-state index contributed by atoms with van der Waals surface area (Å²) in [5, 5.41) is 13.0. The van der Waals surface area contributed by atoms with E-state index >= 15 is 0 Å². The summed E-state index contributed by atoms with van der Waals surface area (Å²) in [6.07, 6.45) is 0.693. The Morgan fingerprint density at radius 3 is 2.55 bits per heavy atom. The molecule has 5 nitrogen and oxygen atoms in total. The van der Waals surface area contributed by atoms with Crippen molar-refractivity contribution in [1.29, 1.82) is 0 Å². The number of hydrogen-bond donors (Lipinski definition) is 0. The van der Waals surface area contributed by atoms with Gasteiger partial charge in [0, 0.05) is 35.7 Å². The molecule has 8 heteroatoms. The van der Waals surface area contributed by atoms with Gasteiger partial charge in [-0.3, -0.25) is 10.1 Å². The van der Waals surface area contributed by atoms with Crippen molar-refractivity contribution >= 4 is 22.7 Å². The largest absolute Gasteiger partial charge is 0.316 e. The van der Waals surface area contributed by atoms with Gasteiger partial charge in [-0.1, -0.05) is 42.5 Å². The van der Waals surface area contributed by atoms with Crippen LogP contribution in [0.3, 0.4) is 0 Å². The van der Waals surface area contributed by atoms with Crippen molar-refractivity contribution in [3.05, 3.63) is 110 Å². The fraction of sp³-hybridized carbons (Fsp3) is 0.0870. The van der Waals surface area contributed by atoms with Crippen molar-refractivity contribution in [2.24, 2.45) is 4.99 Å². The maximum Gasteiger partial charge on any atom is 0.270 e. The lowest BCUT2D eigenvalue weighted by Gasteiger charge is -2.10. The van der Waals surface area contributed by atoms with Crippen molar-refractivity contribution in [3.8, 4) is 11.3 Å². The minimum atomic E-state index is -0.750. The van der Waals surface area contributed by atoms with Gasteiger partial charge in [0.2, 0.25) is 0 Å². The fourth-order valence-corrected chi connectivity index (χ4v) is 4.15. The molecular weight excluding hydrogens is 420 g/mol. The van der Waals surface area contributed by atoms with E-state index in [9.17, 15) is 18.9 Å². The van der Waals surface area contributed by atoms with E-state index in [1.807, 2.05) is 40.3 Å². The molecule has 0 aliphatic carbocycles. The second-order valence-corrected chi connectivity index (χ2v) is 7.64. The first-order valence-corrected chi connectivity index (χ1v) is 10.4. The molecule has 0 atom stereocenters. The minimum Gasteiger partial charge on any atom is -0.316 e. The summed E-state index contributed by atoms with van der Waals surface area (Å²) in [6.45, 7) is 0.535. The van der Waals surface area contributed by atoms with E-state index in [2.05, 4.69) is 4.99 Å². The van der Waals surface area contributed by atoms with Crippen molar-refractivity contribution in [2.45, 2.75) is 13.0 Å². The predicted molar refractivity (Wildman–Crippen MR) is 116 cm³/mol. The summed E-state index contributed by atoms with van der Waals surface area (Å²) in [4.78, 5) is 15.7. The molecule has 0 spiro atoms. The molecule has 0 N–H and O–H groups in total. The number of nitrogens with zero attached hydrogens (tertiary/aromatic N) is 3. The Morgan fingerprint density at radius 1 is 1.00 bits per heavy atom. The summed E-state index contributed by atoms with van der Waals surface area (Å²) >= 11 is 1.29. The van der Waals surface area contributed by atoms with Crippen LogP contribution in [0.1, 0.15) is 5.56 Å². The molecule has 0 aliphatic heterocycles. The molecule has 0 aliphatic rings. The quantitative estimate of drug-likeness (QED) is 0.279. The number of rotatable bonds is 6. The van der Waals surface area contributed by atoms with Crippen LogP contribution in [0, 0.1) is 21.7 Å². The standard InChI is InChI=1S/C23H17F2N3O2S/c24-18-9-10-21(20(25)14-18)26-23-27(12-11-16-5-2-1-3-6-16)22(15-31-23)17-7-4-8-19(13-17)28(29)30/h1-10,13-15H,11-12H2. The van der Waals surface area contributed by atoms with E-state index in [0.29, 0.717) is 23.3 Å². The van der Waals surface area contributed by atoms with Crippen LogP contribution in [0.15, 0.2) is 83.2 Å². The third-order valence-electron chi connectivity index (χ3n) is 4.74. The summed E-state index contributed by atoms with van der Waals surface area (Å²) in [7, 11) is 0. The van der Waals surface area contributed by atoms with E-state index in [-0.39, 0.29) is 11.4 Å². The van der Waals surface area contributed by atoms with Gasteiger partial charge in [0.25, 0.3) is 5.69 Å². The normalized spacial score (nSPS) is 11.6. The van der Waals surface area contributed by atoms with E-state index in [4.69, 9.17) is 0 Å². The number of nitro benzene ring substituents is 1. The molecule has 0 bridgehead atoms. The monoisotopic (exact) mass is 437 g/mol. The van der Waals surface area contributed by atoms with Crippen LogP contribution in [0.25, 0.3) is 11.3 Å². The summed E-state index contributed by atoms with van der Waals surface area (Å²) < 4.78 is 29.3. The predicted octanol–water partition coefficient (Wildman–Crippen LogP) is 5.88. The van der Waals surface area contributed by atoms with Crippen LogP contribution in [-0.2, 0) is 13.0 Å². The van der Waals surface area contributed by atoms with Gasteiger partial charge >= 0.3 is 0 Å². The van der Waals surface area contributed by atoms with Crippen LogP contribution in [0.2, 0.25) is 0 Å². The van der Waals surface area contributed by atoms with Crippen molar-refractivity contribution < 1.29 is 13.7 Å². The third-order valence-corrected chi connectivity index (χ3v) is 5.61. The van der Waals surface area contributed by atoms with Crippen LogP contribution in [0.4, 0.5) is 20.2 Å². The highest BCUT2D eigenvalue weighted by Gasteiger charge is 2.13. The van der Waals surface area contributed by atoms with Crippen LogP contribution < -0.4 is 4.80 Å². The SMILES string of the molecule is O=[N+]([O-])c1cccc(-c2csc(=Nc3ccc(F)cc3F)n2CCc2ccccc2)c1. The average Bonchev–Trinajstić information content (AvgIpc) is 3.17. The molecule has 4 aromatic rings. The van der Waals surface area contributed by atoms with Crippen LogP contribution in [-0.4, -0.2) is 9.49 Å². The second kappa shape index (κ2) is 9.01. The molecular formula is C23H17F2N3O2S. The number of halogens is 2. The Labute approximate surface area is 180 Å². The Hall–Kier alpha value is -3.65. The molecule has 1 aromatic heterocycles. The van der Waals surface area contributed by atoms with Crippen molar-refractivity contribution in [1.82, 2.24) is 4.57 Å². The Kier molecular flexibility index (Phi) is 5.99. The fourth-order valence-electron chi connectivity index (χ4n) is 3.20. The van der Waals surface area contributed by atoms with Crippen LogP contribution >= 0.6 is 11.3 Å². The molecule has 31 heavy (non-hydrogen) atoms. The van der Waals surface area contributed by atoms with Gasteiger partial charge in [0.05, 0.1) is 10.6 Å². The number of hydrogen-bond acceptors (Lipinski definition) is 4. The first-order valence-electron chi connectivity index (χ1n) is 9.48. The first-order chi connectivity index (χ1) is 15.0. The third kappa shape index (κ3) is 4.75. The average molecular weight is 437 g/mol. The lowest BCUT2D eigenvalue weighted by atomic mass is 10.1. The summed E-state index contributed by atoms with van der Waals surface area (Å²) in [6, 6.07) is 19.5. The Bertz CT molecular complexity index is 1300. The topological polar surface area (TPSA) is 60.4 Å². The van der Waals surface area contributed by atoms with E-state index in [1.54, 1.807) is 12.1 Å². The van der Waals surface area contributed by atoms with Gasteiger partial charge in [0.15, 0.2) is 10.6 Å².